The maximum Gasteiger partial charge on any atom is 0.289 e. The number of nitrogens with one attached hydrogen (secondary N) is 2. The molecule has 4 aliphatic heterocycles. The fraction of sp³-hybridized carbons (Fsp3) is 0.520. The molecule has 4 bridgehead atoms. The number of aliphatic hydroxyl groups excluding tert-OH is 2. The summed E-state index contributed by atoms with van der Waals surface area (Å²) in [6.45, 7) is 0.342. The lowest BCUT2D eigenvalue weighted by atomic mass is 9.91. The van der Waals surface area contributed by atoms with E-state index in [0.717, 1.165) is 17.7 Å². The molecule has 2 aromatic carbocycles. The fourth-order valence-electron chi connectivity index (χ4n) is 5.61. The molecule has 0 radical (unpaired) electrons. The van der Waals surface area contributed by atoms with Gasteiger partial charge in [-0.25, -0.2) is 13.1 Å². The Kier molecular flexibility index (Phi) is 7.60. The maximum absolute atomic E-state index is 13.5. The summed E-state index contributed by atoms with van der Waals surface area (Å²) in [6, 6.07) is 11.3. The van der Waals surface area contributed by atoms with Crippen LogP contribution in [0, 0.1) is 10.1 Å². The van der Waals surface area contributed by atoms with E-state index in [1.54, 1.807) is 0 Å². The smallest absolute Gasteiger partial charge is 0.289 e. The van der Waals surface area contributed by atoms with Crippen LogP contribution in [0.25, 0.3) is 0 Å². The van der Waals surface area contributed by atoms with Crippen molar-refractivity contribution in [1.29, 1.82) is 0 Å². The van der Waals surface area contributed by atoms with Crippen molar-refractivity contribution in [2.75, 3.05) is 13.2 Å². The molecule has 4 aliphatic rings. The number of para-hydroxylation sites is 1. The largest absolute Gasteiger partial charge is 0.389 e. The van der Waals surface area contributed by atoms with Crippen molar-refractivity contribution in [3.63, 3.8) is 0 Å². The van der Waals surface area contributed by atoms with Crippen molar-refractivity contribution in [3.05, 3.63) is 70.3 Å². The van der Waals surface area contributed by atoms with Gasteiger partial charge in [0.05, 0.1) is 42.9 Å². The van der Waals surface area contributed by atoms with Gasteiger partial charge in [-0.2, -0.15) is 0 Å². The van der Waals surface area contributed by atoms with Gasteiger partial charge in [0.15, 0.2) is 17.5 Å². The molecule has 6 rings (SSSR count). The Morgan fingerprint density at radius 1 is 0.900 bits per heavy atom. The van der Waals surface area contributed by atoms with E-state index >= 15 is 0 Å². The molecule has 0 unspecified atom stereocenters. The predicted octanol–water partition coefficient (Wildman–Crippen LogP) is -0.614. The Balaban J connectivity index is 1.33. The summed E-state index contributed by atoms with van der Waals surface area (Å²) in [4.78, 5) is 10.3. The number of benzene rings is 2. The van der Waals surface area contributed by atoms with E-state index in [-0.39, 0.29) is 19.8 Å². The topological polar surface area (TPSA) is 188 Å². The summed E-state index contributed by atoms with van der Waals surface area (Å²) in [7, 11) is -4.48. The fourth-order valence-corrected chi connectivity index (χ4v) is 7.03. The summed E-state index contributed by atoms with van der Waals surface area (Å²) < 4.78 is 58.6. The molecule has 4 saturated heterocycles. The molecule has 216 valence electrons. The van der Waals surface area contributed by atoms with Gasteiger partial charge >= 0.3 is 0 Å². The van der Waals surface area contributed by atoms with Crippen molar-refractivity contribution < 1.29 is 47.2 Å². The molecule has 0 aliphatic carbocycles. The van der Waals surface area contributed by atoms with Gasteiger partial charge < -0.3 is 39.2 Å². The summed E-state index contributed by atoms with van der Waals surface area (Å²) >= 11 is 0. The first-order valence-electron chi connectivity index (χ1n) is 12.8. The van der Waals surface area contributed by atoms with Gasteiger partial charge in [-0.15, -0.1) is 0 Å². The number of nitro groups is 1. The number of hydrogen-bond donors (Lipinski definition) is 4. The van der Waals surface area contributed by atoms with Crippen LogP contribution in [0.5, 0.6) is 0 Å². The van der Waals surface area contributed by atoms with Gasteiger partial charge in [0.25, 0.3) is 5.69 Å². The van der Waals surface area contributed by atoms with Crippen LogP contribution < -0.4 is 10.0 Å². The van der Waals surface area contributed by atoms with Crippen LogP contribution in [-0.2, 0) is 40.3 Å². The van der Waals surface area contributed by atoms with Gasteiger partial charge in [0, 0.05) is 6.07 Å². The Labute approximate surface area is 229 Å². The molecule has 0 saturated carbocycles. The third-order valence-corrected chi connectivity index (χ3v) is 9.08. The highest BCUT2D eigenvalue weighted by Crippen LogP contribution is 2.35. The minimum Gasteiger partial charge on any atom is -0.389 e. The molecule has 2 aromatic rings. The molecule has 4 fully saturated rings. The van der Waals surface area contributed by atoms with Crippen LogP contribution in [-0.4, -0.2) is 98.0 Å². The van der Waals surface area contributed by atoms with E-state index in [2.05, 4.69) is 10.0 Å². The summed E-state index contributed by atoms with van der Waals surface area (Å²) in [5.74, 6) is 0. The number of nitrogens with zero attached hydrogens (tertiary/aromatic N) is 1. The molecular formula is C25H29N3O11S. The van der Waals surface area contributed by atoms with Crippen LogP contribution >= 0.6 is 0 Å². The lowest BCUT2D eigenvalue weighted by Gasteiger charge is -2.45. The Morgan fingerprint density at radius 3 is 2.35 bits per heavy atom. The Hall–Kier alpha value is -2.57. The first-order chi connectivity index (χ1) is 19.2. The Morgan fingerprint density at radius 2 is 1.57 bits per heavy atom. The lowest BCUT2D eigenvalue weighted by molar-refractivity contribution is -0.387. The zero-order valence-corrected chi connectivity index (χ0v) is 21.8. The van der Waals surface area contributed by atoms with Crippen molar-refractivity contribution >= 4 is 15.7 Å². The molecule has 14 nitrogen and oxygen atoms in total. The maximum atomic E-state index is 13.5. The van der Waals surface area contributed by atoms with Gasteiger partial charge in [0.1, 0.15) is 30.5 Å². The SMILES string of the molecule is O=[N+]([O-])c1ccccc1S(=O)(=O)N[C@H]1[C@@H]2OC[C@@H](O2)[C@@H](OCc2ccccc2)[C@@H]1N[C@@H]1[C@@H](O)[C@@H]2OC[C@@H](O2)[C@H]1O. The second-order valence-electron chi connectivity index (χ2n) is 10.1. The number of fused-ring (bicyclic) bond motifs is 4. The quantitative estimate of drug-likeness (QED) is 0.218. The van der Waals surface area contributed by atoms with Crippen molar-refractivity contribution in [2.24, 2.45) is 0 Å². The van der Waals surface area contributed by atoms with E-state index in [4.69, 9.17) is 23.7 Å². The second kappa shape index (κ2) is 11.0. The monoisotopic (exact) mass is 579 g/mol. The first-order valence-corrected chi connectivity index (χ1v) is 14.3. The molecule has 0 aromatic heterocycles. The van der Waals surface area contributed by atoms with Crippen molar-refractivity contribution in [2.45, 2.75) is 72.7 Å². The number of sulfonamides is 1. The van der Waals surface area contributed by atoms with E-state index in [1.165, 1.54) is 12.1 Å². The molecule has 15 heteroatoms. The van der Waals surface area contributed by atoms with Crippen LogP contribution in [0.15, 0.2) is 59.5 Å². The number of hydrogen-bond acceptors (Lipinski definition) is 12. The van der Waals surface area contributed by atoms with Crippen LogP contribution in [0.2, 0.25) is 0 Å². The van der Waals surface area contributed by atoms with Gasteiger partial charge in [-0.3, -0.25) is 10.1 Å². The average Bonchev–Trinajstić information content (AvgIpc) is 3.60. The third-order valence-electron chi connectivity index (χ3n) is 7.58. The molecule has 0 spiro atoms. The van der Waals surface area contributed by atoms with Gasteiger partial charge in [0.2, 0.25) is 10.0 Å². The van der Waals surface area contributed by atoms with E-state index in [0.29, 0.717) is 0 Å². The zero-order valence-electron chi connectivity index (χ0n) is 21.0. The number of aliphatic hydroxyl groups is 2. The highest BCUT2D eigenvalue weighted by atomic mass is 32.2. The molecular weight excluding hydrogens is 550 g/mol. The molecule has 10 atom stereocenters. The normalized spacial score (nSPS) is 37.0. The van der Waals surface area contributed by atoms with Crippen molar-refractivity contribution in [1.82, 2.24) is 10.0 Å². The standard InChI is InChI=1S/C25H29N3O11S/c29-21-15-11-37-25(38-15)22(30)20(21)26-18-19(27-40(33,34)17-9-5-4-8-14(17)28(31)32)24-36-12-16(39-24)23(18)35-10-13-6-2-1-3-7-13/h1-9,15-16,18-27,29-30H,10-12H2/t15-,16-,18-,19-,20+,21-,22-,23-,24-,25-/m1/s1. The zero-order chi connectivity index (χ0) is 28.0. The highest BCUT2D eigenvalue weighted by Gasteiger charge is 2.56. The van der Waals surface area contributed by atoms with E-state index < -0.39 is 86.8 Å². The molecule has 40 heavy (non-hydrogen) atoms. The minimum absolute atomic E-state index is 0.0882. The average molecular weight is 580 g/mol. The van der Waals surface area contributed by atoms with E-state index in [1.807, 2.05) is 30.3 Å². The Bertz CT molecular complexity index is 1320. The summed E-state index contributed by atoms with van der Waals surface area (Å²) in [6.07, 6.45) is -6.60. The van der Waals surface area contributed by atoms with Crippen LogP contribution in [0.1, 0.15) is 5.56 Å². The first kappa shape index (κ1) is 27.6. The van der Waals surface area contributed by atoms with Gasteiger partial charge in [-0.1, -0.05) is 42.5 Å². The molecule has 4 N–H and O–H groups in total. The van der Waals surface area contributed by atoms with Crippen LogP contribution in [0.3, 0.4) is 0 Å². The summed E-state index contributed by atoms with van der Waals surface area (Å²) in [5, 5.41) is 36.6. The van der Waals surface area contributed by atoms with Gasteiger partial charge in [-0.05, 0) is 11.6 Å². The van der Waals surface area contributed by atoms with E-state index in [9.17, 15) is 28.7 Å². The molecule has 4 heterocycles. The minimum atomic E-state index is -4.48. The van der Waals surface area contributed by atoms with Crippen LogP contribution in [0.4, 0.5) is 5.69 Å². The predicted molar refractivity (Wildman–Crippen MR) is 134 cm³/mol. The number of rotatable bonds is 9. The number of nitro benzene ring substituents is 1. The summed E-state index contributed by atoms with van der Waals surface area (Å²) in [5.41, 5.74) is 0.263. The van der Waals surface area contributed by atoms with Crippen molar-refractivity contribution in [3.8, 4) is 0 Å². The lowest BCUT2D eigenvalue weighted by Crippen LogP contribution is -2.71. The number of ether oxygens (including phenoxy) is 5. The highest BCUT2D eigenvalue weighted by molar-refractivity contribution is 7.89. The second-order valence-corrected chi connectivity index (χ2v) is 11.8. The molecule has 0 amide bonds. The third kappa shape index (κ3) is 5.14.